The zero-order chi connectivity index (χ0) is 7.72. The van der Waals surface area contributed by atoms with Gasteiger partial charge in [0.05, 0.1) is 0 Å². The summed E-state index contributed by atoms with van der Waals surface area (Å²) in [7, 11) is 1.51. The van der Waals surface area contributed by atoms with Crippen LogP contribution in [0.2, 0.25) is 0 Å². The Hall–Kier alpha value is 0.206. The van der Waals surface area contributed by atoms with Gasteiger partial charge in [0, 0.05) is 7.05 Å². The van der Waals surface area contributed by atoms with Gasteiger partial charge >= 0.3 is 51.4 Å². The van der Waals surface area contributed by atoms with Crippen LogP contribution in [0.5, 0.6) is 0 Å². The predicted octanol–water partition coefficient (Wildman–Crippen LogP) is -5.33. The maximum atomic E-state index is 10.2. The summed E-state index contributed by atoms with van der Waals surface area (Å²) in [6.07, 6.45) is 0. The quantitative estimate of drug-likeness (QED) is 0.419. The van der Waals surface area contributed by atoms with Gasteiger partial charge in [-0.15, -0.1) is 0 Å². The van der Waals surface area contributed by atoms with Crippen LogP contribution in [0.15, 0.2) is 0 Å². The molecular weight excluding hydrogens is 189 g/mol. The van der Waals surface area contributed by atoms with E-state index in [1.54, 1.807) is 6.92 Å². The summed E-state index contributed by atoms with van der Waals surface area (Å²) >= 11 is 0. The zero-order valence-corrected chi connectivity index (χ0v) is 10.3. The molecule has 0 saturated carbocycles. The van der Waals surface area contributed by atoms with Crippen LogP contribution in [0.1, 0.15) is 16.4 Å². The third kappa shape index (κ3) is 3.29. The van der Waals surface area contributed by atoms with Crippen LogP contribution in [-0.2, 0) is 7.05 Å². The zero-order valence-electron chi connectivity index (χ0n) is 7.16. The van der Waals surface area contributed by atoms with E-state index in [9.17, 15) is 9.90 Å². The first-order valence-electron chi connectivity index (χ1n) is 2.70. The molecule has 6 nitrogen and oxygen atoms in total. The molecule has 0 unspecified atom stereocenters. The maximum Gasteiger partial charge on any atom is 1.00 e. The monoisotopic (exact) mass is 197 g/mol. The van der Waals surface area contributed by atoms with Gasteiger partial charge in [0.25, 0.3) is 0 Å². The number of hydrogen-bond donors (Lipinski definition) is 0. The van der Waals surface area contributed by atoms with Gasteiger partial charge in [-0.3, -0.25) is 0 Å². The molecule has 2 N–H and O–H groups in total. The fourth-order valence-electron chi connectivity index (χ4n) is 0.690. The average molecular weight is 197 g/mol. The second-order valence-corrected chi connectivity index (χ2v) is 1.89. The van der Waals surface area contributed by atoms with Crippen molar-refractivity contribution in [3.05, 3.63) is 11.6 Å². The number of carboxylic acid groups (broad SMARTS) is 1. The molecule has 0 aliphatic rings. The van der Waals surface area contributed by atoms with E-state index in [1.807, 2.05) is 0 Å². The van der Waals surface area contributed by atoms with Gasteiger partial charge in [-0.2, -0.15) is 5.10 Å². The smallest absolute Gasteiger partial charge is 0.542 e. The minimum absolute atomic E-state index is 0. The third-order valence-electron chi connectivity index (χ3n) is 1.05. The van der Waals surface area contributed by atoms with Crippen molar-refractivity contribution in [3.63, 3.8) is 0 Å². The fourth-order valence-corrected chi connectivity index (χ4v) is 0.690. The molecule has 0 aliphatic carbocycles. The molecule has 0 aromatic carbocycles. The molecule has 0 atom stereocenters. The Bertz CT molecular complexity index is 273. The molecule has 1 heterocycles. The molecule has 1 aromatic heterocycles. The van der Waals surface area contributed by atoms with Gasteiger partial charge in [-0.05, 0) is 6.92 Å². The van der Waals surface area contributed by atoms with Gasteiger partial charge in [0.15, 0.2) is 5.82 Å². The van der Waals surface area contributed by atoms with Crippen LogP contribution in [-0.4, -0.2) is 26.2 Å². The van der Waals surface area contributed by atoms with Crippen LogP contribution in [0, 0.1) is 6.92 Å². The summed E-state index contributed by atoms with van der Waals surface area (Å²) in [5.74, 6) is -1.01. The Labute approximate surface area is 112 Å². The Morgan fingerprint density at radius 1 is 1.58 bits per heavy atom. The summed E-state index contributed by atoms with van der Waals surface area (Å²) in [6.45, 7) is 1.62. The number of carbonyl (C=O) groups excluding carboxylic acids is 1. The standard InChI is InChI=1S/C5H7N3O2.K.H2O/c1-3-6-4(5(9)10)8(2)7-3;;/h1-2H3,(H,9,10);;1H2/q;+1;/p-1. The Balaban J connectivity index is 0. The number of carbonyl (C=O) groups is 1. The van der Waals surface area contributed by atoms with Gasteiger partial charge in [-0.1, -0.05) is 0 Å². The normalized spacial score (nSPS) is 8.17. The first-order chi connectivity index (χ1) is 4.61. The molecule has 0 radical (unpaired) electrons. The molecular formula is C5H8KN3O3. The number of hydrogen-bond acceptors (Lipinski definition) is 4. The largest absolute Gasteiger partial charge is 1.00 e. The summed E-state index contributed by atoms with van der Waals surface area (Å²) in [5, 5.41) is 13.9. The Morgan fingerprint density at radius 3 is 2.25 bits per heavy atom. The van der Waals surface area contributed by atoms with E-state index in [0.29, 0.717) is 5.82 Å². The van der Waals surface area contributed by atoms with E-state index in [2.05, 4.69) is 10.1 Å². The molecule has 7 heteroatoms. The molecule has 1 aromatic rings. The minimum atomic E-state index is -1.30. The maximum absolute atomic E-state index is 10.2. The molecule has 0 bridgehead atoms. The van der Waals surface area contributed by atoms with Crippen molar-refractivity contribution in [2.45, 2.75) is 6.92 Å². The van der Waals surface area contributed by atoms with E-state index in [-0.39, 0.29) is 62.7 Å². The summed E-state index contributed by atoms with van der Waals surface area (Å²) in [4.78, 5) is 13.8. The third-order valence-corrected chi connectivity index (χ3v) is 1.05. The van der Waals surface area contributed by atoms with Gasteiger partial charge in [-0.25, -0.2) is 9.67 Å². The number of aryl methyl sites for hydroxylation is 2. The molecule has 0 saturated heterocycles. The van der Waals surface area contributed by atoms with E-state index >= 15 is 0 Å². The molecule has 0 amide bonds. The van der Waals surface area contributed by atoms with Crippen molar-refractivity contribution in [1.82, 2.24) is 14.8 Å². The van der Waals surface area contributed by atoms with E-state index in [1.165, 1.54) is 11.7 Å². The Morgan fingerprint density at radius 2 is 2.08 bits per heavy atom. The molecule has 0 spiro atoms. The fraction of sp³-hybridized carbons (Fsp3) is 0.400. The average Bonchev–Trinajstić information content (AvgIpc) is 2.10. The molecule has 62 valence electrons. The van der Waals surface area contributed by atoms with Crippen LogP contribution in [0.4, 0.5) is 0 Å². The second kappa shape index (κ2) is 5.78. The number of carboxylic acids is 1. The first kappa shape index (κ1) is 14.7. The summed E-state index contributed by atoms with van der Waals surface area (Å²) < 4.78 is 1.17. The topological polar surface area (TPSA) is 102 Å². The van der Waals surface area contributed by atoms with Crippen LogP contribution in [0.25, 0.3) is 0 Å². The number of aromatic nitrogens is 3. The van der Waals surface area contributed by atoms with E-state index in [4.69, 9.17) is 0 Å². The van der Waals surface area contributed by atoms with Crippen molar-refractivity contribution < 1.29 is 66.8 Å². The van der Waals surface area contributed by atoms with Crippen molar-refractivity contribution in [2.24, 2.45) is 7.05 Å². The predicted molar refractivity (Wildman–Crippen MR) is 33.7 cm³/mol. The van der Waals surface area contributed by atoms with Gasteiger partial charge in [0.1, 0.15) is 11.8 Å². The summed E-state index contributed by atoms with van der Waals surface area (Å²) in [6, 6.07) is 0. The Kier molecular flexibility index (Phi) is 7.09. The van der Waals surface area contributed by atoms with Crippen LogP contribution < -0.4 is 56.5 Å². The van der Waals surface area contributed by atoms with Gasteiger partial charge < -0.3 is 15.4 Å². The number of nitrogens with zero attached hydrogens (tertiary/aromatic N) is 3. The SMILES string of the molecule is Cc1nc(C(=O)[O-])n(C)n1.O.[K+]. The van der Waals surface area contributed by atoms with Crippen molar-refractivity contribution in [1.29, 1.82) is 0 Å². The van der Waals surface area contributed by atoms with Crippen molar-refractivity contribution in [2.75, 3.05) is 0 Å². The molecule has 0 fully saturated rings. The van der Waals surface area contributed by atoms with E-state index < -0.39 is 5.97 Å². The molecule has 0 aliphatic heterocycles. The molecule has 12 heavy (non-hydrogen) atoms. The number of rotatable bonds is 1. The minimum Gasteiger partial charge on any atom is -0.542 e. The first-order valence-corrected chi connectivity index (χ1v) is 2.70. The van der Waals surface area contributed by atoms with Crippen LogP contribution >= 0.6 is 0 Å². The van der Waals surface area contributed by atoms with Crippen molar-refractivity contribution in [3.8, 4) is 0 Å². The summed E-state index contributed by atoms with van der Waals surface area (Å²) in [5.41, 5.74) is 0. The van der Waals surface area contributed by atoms with Gasteiger partial charge in [0.2, 0.25) is 0 Å². The van der Waals surface area contributed by atoms with Crippen molar-refractivity contribution >= 4 is 5.97 Å². The van der Waals surface area contributed by atoms with E-state index in [0.717, 1.165) is 0 Å². The second-order valence-electron chi connectivity index (χ2n) is 1.89. The number of aromatic carboxylic acids is 1. The molecule has 1 rings (SSSR count). The van der Waals surface area contributed by atoms with Crippen LogP contribution in [0.3, 0.4) is 0 Å².